The van der Waals surface area contributed by atoms with Crippen LogP contribution in [0.25, 0.3) is 0 Å². The maximum absolute atomic E-state index is 11.9. The fourth-order valence-electron chi connectivity index (χ4n) is 2.60. The molecule has 1 unspecified atom stereocenters. The molecule has 7 heteroatoms. The Balaban J connectivity index is 1.87. The van der Waals surface area contributed by atoms with Gasteiger partial charge in [0, 0.05) is 24.8 Å². The van der Waals surface area contributed by atoms with Gasteiger partial charge in [0.05, 0.1) is 18.5 Å². The average molecular weight is 320 g/mol. The third-order valence-electron chi connectivity index (χ3n) is 3.78. The maximum atomic E-state index is 11.9. The van der Waals surface area contributed by atoms with Crippen LogP contribution in [-0.4, -0.2) is 27.5 Å². The number of hydrogen-bond donors (Lipinski definition) is 3. The van der Waals surface area contributed by atoms with Crippen molar-refractivity contribution in [2.75, 3.05) is 6.54 Å². The van der Waals surface area contributed by atoms with Crippen LogP contribution in [0.2, 0.25) is 0 Å². The predicted molar refractivity (Wildman–Crippen MR) is 85.9 cm³/mol. The fraction of sp³-hybridized carbons (Fsp3) is 0.500. The predicted octanol–water partition coefficient (Wildman–Crippen LogP) is 1.67. The molecule has 7 nitrogen and oxygen atoms in total. The Bertz CT molecular complexity index is 634. The van der Waals surface area contributed by atoms with Gasteiger partial charge in [-0.2, -0.15) is 5.10 Å². The lowest BCUT2D eigenvalue weighted by atomic mass is 10.1. The van der Waals surface area contributed by atoms with Gasteiger partial charge in [0.25, 0.3) is 0 Å². The minimum Gasteiger partial charge on any atom is -0.467 e. The SMILES string of the molecule is CCc1nn(C)c(CC)c1CNC(=O)NCC(O)c1ccco1. The molecule has 2 heterocycles. The topological polar surface area (TPSA) is 92.3 Å². The Morgan fingerprint density at radius 1 is 1.39 bits per heavy atom. The minimum absolute atomic E-state index is 0.0909. The molecule has 0 aromatic carbocycles. The summed E-state index contributed by atoms with van der Waals surface area (Å²) in [4.78, 5) is 11.9. The van der Waals surface area contributed by atoms with Gasteiger partial charge in [-0.1, -0.05) is 13.8 Å². The van der Waals surface area contributed by atoms with E-state index in [1.54, 1.807) is 12.1 Å². The lowest BCUT2D eigenvalue weighted by molar-refractivity contribution is 0.148. The molecule has 0 radical (unpaired) electrons. The number of amides is 2. The zero-order chi connectivity index (χ0) is 16.8. The smallest absolute Gasteiger partial charge is 0.315 e. The Kier molecular flexibility index (Phi) is 5.81. The number of furan rings is 1. The summed E-state index contributed by atoms with van der Waals surface area (Å²) in [6, 6.07) is 3.03. The normalized spacial score (nSPS) is 12.2. The molecule has 0 fully saturated rings. The molecule has 0 aliphatic rings. The lowest BCUT2D eigenvalue weighted by Gasteiger charge is -2.11. The van der Waals surface area contributed by atoms with Gasteiger partial charge in [0.2, 0.25) is 0 Å². The first-order chi connectivity index (χ1) is 11.1. The largest absolute Gasteiger partial charge is 0.467 e. The van der Waals surface area contributed by atoms with Crippen LogP contribution in [0, 0.1) is 0 Å². The van der Waals surface area contributed by atoms with Gasteiger partial charge in [0.1, 0.15) is 11.9 Å². The summed E-state index contributed by atoms with van der Waals surface area (Å²) in [5.41, 5.74) is 3.19. The van der Waals surface area contributed by atoms with Crippen LogP contribution in [-0.2, 0) is 26.4 Å². The highest BCUT2D eigenvalue weighted by molar-refractivity contribution is 5.73. The summed E-state index contributed by atoms with van der Waals surface area (Å²) in [5, 5.41) is 19.8. The van der Waals surface area contributed by atoms with E-state index in [-0.39, 0.29) is 12.6 Å². The molecular formula is C16H24N4O3. The molecule has 2 aromatic heterocycles. The number of hydrogen-bond acceptors (Lipinski definition) is 4. The second kappa shape index (κ2) is 7.82. The number of nitrogens with one attached hydrogen (secondary N) is 2. The first kappa shape index (κ1) is 17.1. The number of carbonyl (C=O) groups excluding carboxylic acids is 1. The monoisotopic (exact) mass is 320 g/mol. The summed E-state index contributed by atoms with van der Waals surface area (Å²) < 4.78 is 6.96. The van der Waals surface area contributed by atoms with Crippen molar-refractivity contribution < 1.29 is 14.3 Å². The molecule has 0 bridgehead atoms. The highest BCUT2D eigenvalue weighted by atomic mass is 16.4. The lowest BCUT2D eigenvalue weighted by Crippen LogP contribution is -2.37. The fourth-order valence-corrected chi connectivity index (χ4v) is 2.60. The number of aromatic nitrogens is 2. The summed E-state index contributed by atoms with van der Waals surface area (Å²) in [5.74, 6) is 0.430. The molecule has 3 N–H and O–H groups in total. The first-order valence-corrected chi connectivity index (χ1v) is 7.83. The van der Waals surface area contributed by atoms with E-state index in [4.69, 9.17) is 4.42 Å². The van der Waals surface area contributed by atoms with Crippen LogP contribution in [0.1, 0.15) is 42.7 Å². The number of aryl methyl sites for hydroxylation is 2. The van der Waals surface area contributed by atoms with E-state index in [0.29, 0.717) is 12.3 Å². The molecular weight excluding hydrogens is 296 g/mol. The number of aliphatic hydroxyl groups is 1. The van der Waals surface area contributed by atoms with Crippen molar-refractivity contribution >= 4 is 6.03 Å². The van der Waals surface area contributed by atoms with Gasteiger partial charge >= 0.3 is 6.03 Å². The third-order valence-corrected chi connectivity index (χ3v) is 3.78. The van der Waals surface area contributed by atoms with Gasteiger partial charge < -0.3 is 20.2 Å². The molecule has 23 heavy (non-hydrogen) atoms. The Morgan fingerprint density at radius 2 is 2.17 bits per heavy atom. The zero-order valence-corrected chi connectivity index (χ0v) is 13.8. The van der Waals surface area contributed by atoms with Crippen molar-refractivity contribution in [1.82, 2.24) is 20.4 Å². The number of urea groups is 1. The number of aliphatic hydroxyl groups excluding tert-OH is 1. The third kappa shape index (κ3) is 4.13. The van der Waals surface area contributed by atoms with Crippen molar-refractivity contribution in [3.63, 3.8) is 0 Å². The van der Waals surface area contributed by atoms with Gasteiger partial charge in [0.15, 0.2) is 0 Å². The quantitative estimate of drug-likeness (QED) is 0.723. The van der Waals surface area contributed by atoms with Crippen molar-refractivity contribution in [1.29, 1.82) is 0 Å². The molecule has 2 aromatic rings. The van der Waals surface area contributed by atoms with E-state index in [9.17, 15) is 9.90 Å². The van der Waals surface area contributed by atoms with Gasteiger partial charge in [-0.15, -0.1) is 0 Å². The zero-order valence-electron chi connectivity index (χ0n) is 13.8. The number of rotatable bonds is 7. The van der Waals surface area contributed by atoms with Crippen molar-refractivity contribution in [2.24, 2.45) is 7.05 Å². The van der Waals surface area contributed by atoms with Crippen LogP contribution in [0.5, 0.6) is 0 Å². The standard InChI is InChI=1S/C16H24N4O3/c1-4-12-11(13(5-2)20(3)19-12)9-17-16(22)18-10-14(21)15-7-6-8-23-15/h6-8,14,21H,4-5,9-10H2,1-3H3,(H2,17,18,22). The Labute approximate surface area is 135 Å². The Hall–Kier alpha value is -2.28. The highest BCUT2D eigenvalue weighted by Crippen LogP contribution is 2.15. The number of carbonyl (C=O) groups is 1. The van der Waals surface area contributed by atoms with Crippen molar-refractivity contribution in [2.45, 2.75) is 39.3 Å². The molecule has 0 aliphatic heterocycles. The molecule has 0 saturated heterocycles. The summed E-state index contributed by atoms with van der Waals surface area (Å²) >= 11 is 0. The molecule has 126 valence electrons. The van der Waals surface area contributed by atoms with Crippen molar-refractivity contribution in [3.8, 4) is 0 Å². The molecule has 0 saturated carbocycles. The van der Waals surface area contributed by atoms with E-state index in [1.165, 1.54) is 6.26 Å². The van der Waals surface area contributed by atoms with Crippen LogP contribution in [0.3, 0.4) is 0 Å². The molecule has 0 spiro atoms. The van der Waals surface area contributed by atoms with Crippen LogP contribution in [0.4, 0.5) is 4.79 Å². The molecule has 2 amide bonds. The van der Waals surface area contributed by atoms with E-state index < -0.39 is 6.10 Å². The van der Waals surface area contributed by atoms with Gasteiger partial charge in [-0.25, -0.2) is 4.79 Å². The van der Waals surface area contributed by atoms with Crippen molar-refractivity contribution in [3.05, 3.63) is 41.1 Å². The molecule has 1 atom stereocenters. The molecule has 0 aliphatic carbocycles. The minimum atomic E-state index is -0.855. The first-order valence-electron chi connectivity index (χ1n) is 7.83. The highest BCUT2D eigenvalue weighted by Gasteiger charge is 2.15. The van der Waals surface area contributed by atoms with E-state index in [1.807, 2.05) is 18.7 Å². The van der Waals surface area contributed by atoms with Crippen LogP contribution >= 0.6 is 0 Å². The van der Waals surface area contributed by atoms with Crippen LogP contribution < -0.4 is 10.6 Å². The Morgan fingerprint density at radius 3 is 2.78 bits per heavy atom. The summed E-state index contributed by atoms with van der Waals surface area (Å²) in [6.45, 7) is 4.63. The maximum Gasteiger partial charge on any atom is 0.315 e. The summed E-state index contributed by atoms with van der Waals surface area (Å²) in [6.07, 6.45) is 2.31. The average Bonchev–Trinajstić information content (AvgIpc) is 3.17. The van der Waals surface area contributed by atoms with E-state index >= 15 is 0 Å². The van der Waals surface area contributed by atoms with Gasteiger partial charge in [-0.05, 0) is 25.0 Å². The van der Waals surface area contributed by atoms with Gasteiger partial charge in [-0.3, -0.25) is 4.68 Å². The second-order valence-electron chi connectivity index (χ2n) is 5.30. The van der Waals surface area contributed by atoms with E-state index in [0.717, 1.165) is 29.8 Å². The van der Waals surface area contributed by atoms with E-state index in [2.05, 4.69) is 22.7 Å². The van der Waals surface area contributed by atoms with Crippen LogP contribution in [0.15, 0.2) is 22.8 Å². The molecule has 2 rings (SSSR count). The second-order valence-corrected chi connectivity index (χ2v) is 5.30. The summed E-state index contributed by atoms with van der Waals surface area (Å²) in [7, 11) is 1.92. The number of nitrogens with zero attached hydrogens (tertiary/aromatic N) is 2.